The molecule has 0 bridgehead atoms. The van der Waals surface area contributed by atoms with Crippen LogP contribution < -0.4 is 16.0 Å². The van der Waals surface area contributed by atoms with E-state index in [1.807, 2.05) is 0 Å². The summed E-state index contributed by atoms with van der Waals surface area (Å²) in [7, 11) is 1.69. The Morgan fingerprint density at radius 2 is 1.79 bits per heavy atom. The van der Waals surface area contributed by atoms with Crippen LogP contribution in [-0.4, -0.2) is 49.1 Å². The number of likely N-dealkylation sites (N-methyl/N-ethyl adjacent to an activating group) is 1. The van der Waals surface area contributed by atoms with E-state index in [1.165, 1.54) is 6.92 Å². The molecule has 19 heavy (non-hydrogen) atoms. The Morgan fingerprint density at radius 1 is 1.11 bits per heavy atom. The van der Waals surface area contributed by atoms with E-state index in [0.717, 1.165) is 12.8 Å². The van der Waals surface area contributed by atoms with Crippen LogP contribution >= 0.6 is 0 Å². The molecule has 0 aliphatic heterocycles. The summed E-state index contributed by atoms with van der Waals surface area (Å²) in [5.41, 5.74) is 0. The number of carbonyl (C=O) groups excluding carboxylic acids is 2. The third-order valence-electron chi connectivity index (χ3n) is 2.60. The van der Waals surface area contributed by atoms with Crippen molar-refractivity contribution in [3.05, 3.63) is 0 Å². The van der Waals surface area contributed by atoms with Crippen LogP contribution in [0.25, 0.3) is 0 Å². The van der Waals surface area contributed by atoms with E-state index in [0.29, 0.717) is 13.0 Å². The van der Waals surface area contributed by atoms with Gasteiger partial charge in [-0.15, -0.1) is 0 Å². The fourth-order valence-corrected chi connectivity index (χ4v) is 1.56. The second kappa shape index (κ2) is 10.3. The van der Waals surface area contributed by atoms with E-state index in [2.05, 4.69) is 16.0 Å². The predicted molar refractivity (Wildman–Crippen MR) is 70.6 cm³/mol. The zero-order valence-corrected chi connectivity index (χ0v) is 11.5. The molecule has 1 atom stereocenters. The van der Waals surface area contributed by atoms with E-state index in [-0.39, 0.29) is 30.8 Å². The van der Waals surface area contributed by atoms with Gasteiger partial charge in [-0.3, -0.25) is 14.4 Å². The maximum Gasteiger partial charge on any atom is 0.305 e. The van der Waals surface area contributed by atoms with Crippen molar-refractivity contribution in [2.75, 3.05) is 20.1 Å². The first-order chi connectivity index (χ1) is 8.97. The first-order valence-electron chi connectivity index (χ1n) is 6.38. The fraction of sp³-hybridized carbons (Fsp3) is 0.750. The number of unbranched alkanes of at least 4 members (excludes halogenated alkanes) is 1. The van der Waals surface area contributed by atoms with Crippen molar-refractivity contribution in [3.63, 3.8) is 0 Å². The molecule has 7 heteroatoms. The Balaban J connectivity index is 3.76. The summed E-state index contributed by atoms with van der Waals surface area (Å²) in [6, 6.07) is -0.328. The number of carboxylic acid groups (broad SMARTS) is 1. The van der Waals surface area contributed by atoms with Gasteiger partial charge in [0.15, 0.2) is 0 Å². The standard InChI is InChI=1S/C12H23N3O4/c1-9(16)14-7-4-3-5-10(13-2)12(19)15-8-6-11(17)18/h10,13H,3-8H2,1-2H3,(H,14,16)(H,15,19)(H,17,18)/i2+1,8+1,14+1. The van der Waals surface area contributed by atoms with Crippen molar-refractivity contribution in [2.45, 2.75) is 38.6 Å². The van der Waals surface area contributed by atoms with Crippen LogP contribution in [0.3, 0.4) is 0 Å². The number of hydrogen-bond acceptors (Lipinski definition) is 4. The third-order valence-corrected chi connectivity index (χ3v) is 2.60. The lowest BCUT2D eigenvalue weighted by molar-refractivity contribution is -0.137. The lowest BCUT2D eigenvalue weighted by Crippen LogP contribution is -2.43. The summed E-state index contributed by atoms with van der Waals surface area (Å²) in [5.74, 6) is -1.18. The largest absolute Gasteiger partial charge is 0.481 e. The number of carbonyl (C=O) groups is 3. The molecule has 0 saturated heterocycles. The predicted octanol–water partition coefficient (Wildman–Crippen LogP) is -0.528. The molecule has 4 N–H and O–H groups in total. The molecule has 0 aromatic rings. The summed E-state index contributed by atoms with van der Waals surface area (Å²) in [4.78, 5) is 32.7. The van der Waals surface area contributed by atoms with Gasteiger partial charge in [-0.1, -0.05) is 0 Å². The maximum atomic E-state index is 11.7. The van der Waals surface area contributed by atoms with Gasteiger partial charge in [0.1, 0.15) is 0 Å². The Bertz CT molecular complexity index is 307. The van der Waals surface area contributed by atoms with Crippen molar-refractivity contribution < 1.29 is 19.5 Å². The molecule has 7 nitrogen and oxygen atoms in total. The zero-order valence-electron chi connectivity index (χ0n) is 11.5. The first-order valence-corrected chi connectivity index (χ1v) is 6.38. The van der Waals surface area contributed by atoms with Crippen molar-refractivity contribution in [1.29, 1.82) is 0 Å². The molecular formula is C12H23N3O4. The lowest BCUT2D eigenvalue weighted by atomic mass is 10.1. The topological polar surface area (TPSA) is 108 Å². The molecule has 0 aliphatic carbocycles. The van der Waals surface area contributed by atoms with E-state index in [1.54, 1.807) is 7.05 Å². The number of nitrogens with one attached hydrogen (secondary N) is 3. The summed E-state index contributed by atoms with van der Waals surface area (Å²) in [6.45, 7) is 2.21. The molecule has 0 aromatic heterocycles. The number of aliphatic carboxylic acids is 1. The van der Waals surface area contributed by atoms with E-state index < -0.39 is 5.97 Å². The molecule has 0 aromatic carbocycles. The van der Waals surface area contributed by atoms with Gasteiger partial charge in [0.05, 0.1) is 12.5 Å². The van der Waals surface area contributed by atoms with Crippen LogP contribution in [0.15, 0.2) is 0 Å². The number of rotatable bonds is 10. The second-order valence-electron chi connectivity index (χ2n) is 4.25. The van der Waals surface area contributed by atoms with Crippen LogP contribution in [0.2, 0.25) is 0 Å². The molecule has 0 rings (SSSR count). The van der Waals surface area contributed by atoms with Crippen LogP contribution in [0.1, 0.15) is 32.6 Å². The van der Waals surface area contributed by atoms with Gasteiger partial charge >= 0.3 is 5.97 Å². The highest BCUT2D eigenvalue weighted by Crippen LogP contribution is 2.00. The van der Waals surface area contributed by atoms with E-state index >= 15 is 0 Å². The third kappa shape index (κ3) is 10.0. The zero-order chi connectivity index (χ0) is 14.7. The Kier molecular flexibility index (Phi) is 9.42. The van der Waals surface area contributed by atoms with Crippen LogP contribution in [-0.2, 0) is 14.4 Å². The normalized spacial score (nSPS) is 11.7. The lowest BCUT2D eigenvalue weighted by Gasteiger charge is -2.15. The van der Waals surface area contributed by atoms with Crippen molar-refractivity contribution in [3.8, 4) is 0 Å². The molecule has 110 valence electrons. The Morgan fingerprint density at radius 3 is 2.32 bits per heavy atom. The van der Waals surface area contributed by atoms with Gasteiger partial charge < -0.3 is 21.1 Å². The van der Waals surface area contributed by atoms with Gasteiger partial charge in [-0.2, -0.15) is 0 Å². The number of amides is 2. The van der Waals surface area contributed by atoms with Gasteiger partial charge in [0.2, 0.25) is 11.8 Å². The summed E-state index contributed by atoms with van der Waals surface area (Å²) < 4.78 is 0. The molecular weight excluding hydrogens is 253 g/mol. The molecule has 0 heterocycles. The van der Waals surface area contributed by atoms with E-state index in [9.17, 15) is 14.4 Å². The van der Waals surface area contributed by atoms with Crippen molar-refractivity contribution >= 4 is 17.8 Å². The van der Waals surface area contributed by atoms with Gasteiger partial charge in [-0.05, 0) is 26.3 Å². The van der Waals surface area contributed by atoms with Crippen molar-refractivity contribution in [1.82, 2.24) is 16.0 Å². The minimum absolute atomic E-state index is 0.0587. The smallest absolute Gasteiger partial charge is 0.305 e. The summed E-state index contributed by atoms with van der Waals surface area (Å²) in [5, 5.41) is 16.6. The average molecular weight is 276 g/mol. The highest BCUT2D eigenvalue weighted by molar-refractivity contribution is 5.82. The molecule has 2 amide bonds. The summed E-state index contributed by atoms with van der Waals surface area (Å²) >= 11 is 0. The first kappa shape index (κ1) is 17.4. The fourth-order valence-electron chi connectivity index (χ4n) is 1.56. The Hall–Kier alpha value is -1.63. The molecule has 1 unspecified atom stereocenters. The highest BCUT2D eigenvalue weighted by Gasteiger charge is 2.15. The summed E-state index contributed by atoms with van der Waals surface area (Å²) in [6.07, 6.45) is 2.18. The molecule has 0 saturated carbocycles. The maximum absolute atomic E-state index is 11.7. The highest BCUT2D eigenvalue weighted by atomic mass is 16.4. The van der Waals surface area contributed by atoms with Crippen LogP contribution in [0, 0.1) is 0 Å². The number of carboxylic acids is 1. The molecule has 0 spiro atoms. The minimum atomic E-state index is -0.934. The average Bonchev–Trinajstić information content (AvgIpc) is 2.32. The molecule has 0 radical (unpaired) electrons. The SMILES string of the molecule is CC(=O)[15NH]CCCCC(N[13CH3])C(=O)N[13CH2]CC(=O)O. The van der Waals surface area contributed by atoms with Crippen molar-refractivity contribution in [2.24, 2.45) is 0 Å². The molecule has 0 aliphatic rings. The van der Waals surface area contributed by atoms with E-state index in [4.69, 9.17) is 5.11 Å². The Labute approximate surface area is 113 Å². The second-order valence-corrected chi connectivity index (χ2v) is 4.25. The number of hydrogen-bond donors (Lipinski definition) is 4. The minimum Gasteiger partial charge on any atom is -0.481 e. The monoisotopic (exact) mass is 276 g/mol. The van der Waals surface area contributed by atoms with Crippen LogP contribution in [0.5, 0.6) is 0 Å². The van der Waals surface area contributed by atoms with Gasteiger partial charge in [-0.25, -0.2) is 0 Å². The molecule has 0 fully saturated rings. The van der Waals surface area contributed by atoms with Gasteiger partial charge in [0.25, 0.3) is 0 Å². The quantitative estimate of drug-likeness (QED) is 0.244. The van der Waals surface area contributed by atoms with Gasteiger partial charge in [0, 0.05) is 20.0 Å². The van der Waals surface area contributed by atoms with Crippen LogP contribution in [0.4, 0.5) is 0 Å².